The number of nitro groups is 1. The average molecular weight is 531 g/mol. The van der Waals surface area contributed by atoms with Gasteiger partial charge in [0.25, 0.3) is 5.69 Å². The fourth-order valence-electron chi connectivity index (χ4n) is 5.14. The van der Waals surface area contributed by atoms with E-state index < -0.39 is 28.8 Å². The van der Waals surface area contributed by atoms with Crippen molar-refractivity contribution in [3.63, 3.8) is 0 Å². The van der Waals surface area contributed by atoms with Crippen LogP contribution in [0, 0.1) is 10.1 Å². The monoisotopic (exact) mass is 530 g/mol. The molecule has 0 radical (unpaired) electrons. The first-order valence-corrected chi connectivity index (χ1v) is 12.6. The van der Waals surface area contributed by atoms with E-state index in [1.165, 1.54) is 12.3 Å². The predicted molar refractivity (Wildman–Crippen MR) is 144 cm³/mol. The number of aliphatic hydroxyl groups excluding tert-OH is 1. The van der Waals surface area contributed by atoms with Gasteiger partial charge in [-0.2, -0.15) is 0 Å². The standard InChI is InChI=1S/C30H30N2O7/c1-36-23-12-8-21(9-13-23)30(20-6-4-3-5-7-20,22-10-14-24(37-2)15-11-22)38-19-28-26(33)18-27(39-28)29-25(32(34)35)16-17-31-29/h3-17,26-28,31,33H,18-19H2,1-2H3/t26-,27+,28+/m0/s1. The summed E-state index contributed by atoms with van der Waals surface area (Å²) in [7, 11) is 3.23. The van der Waals surface area contributed by atoms with Crippen LogP contribution in [0.15, 0.2) is 91.1 Å². The molecule has 9 nitrogen and oxygen atoms in total. The van der Waals surface area contributed by atoms with Crippen LogP contribution in [0.5, 0.6) is 11.5 Å². The Hall–Kier alpha value is -4.18. The molecule has 0 bridgehead atoms. The minimum atomic E-state index is -1.07. The van der Waals surface area contributed by atoms with Gasteiger partial charge >= 0.3 is 0 Å². The summed E-state index contributed by atoms with van der Waals surface area (Å²) in [4.78, 5) is 13.9. The number of nitrogens with zero attached hydrogens (tertiary/aromatic N) is 1. The number of ether oxygens (including phenoxy) is 4. The second-order valence-electron chi connectivity index (χ2n) is 9.32. The van der Waals surface area contributed by atoms with Crippen molar-refractivity contribution in [1.82, 2.24) is 4.98 Å². The van der Waals surface area contributed by atoms with Crippen LogP contribution in [0.25, 0.3) is 0 Å². The molecule has 5 rings (SSSR count). The fourth-order valence-corrected chi connectivity index (χ4v) is 5.14. The van der Waals surface area contributed by atoms with Crippen molar-refractivity contribution in [1.29, 1.82) is 0 Å². The summed E-state index contributed by atoms with van der Waals surface area (Å²) in [6.45, 7) is 0.0269. The van der Waals surface area contributed by atoms with Crippen LogP contribution in [0.2, 0.25) is 0 Å². The van der Waals surface area contributed by atoms with E-state index in [0.717, 1.165) is 16.7 Å². The summed E-state index contributed by atoms with van der Waals surface area (Å²) in [5, 5.41) is 22.4. The minimum Gasteiger partial charge on any atom is -0.497 e. The van der Waals surface area contributed by atoms with Crippen LogP contribution in [-0.2, 0) is 15.1 Å². The Morgan fingerprint density at radius 2 is 1.49 bits per heavy atom. The van der Waals surface area contributed by atoms with E-state index in [2.05, 4.69) is 4.98 Å². The largest absolute Gasteiger partial charge is 0.497 e. The van der Waals surface area contributed by atoms with Crippen molar-refractivity contribution in [2.24, 2.45) is 0 Å². The number of aliphatic hydroxyl groups is 1. The summed E-state index contributed by atoms with van der Waals surface area (Å²) in [6, 6.07) is 26.5. The normalized spacial score (nSPS) is 19.1. The highest BCUT2D eigenvalue weighted by molar-refractivity contribution is 5.49. The molecule has 3 atom stereocenters. The fraction of sp³-hybridized carbons (Fsp3) is 0.267. The molecule has 1 aromatic heterocycles. The first kappa shape index (κ1) is 26.4. The third-order valence-electron chi connectivity index (χ3n) is 7.14. The van der Waals surface area contributed by atoms with Crippen molar-refractivity contribution in [3.8, 4) is 11.5 Å². The number of rotatable bonds is 10. The number of aromatic amines is 1. The lowest BCUT2D eigenvalue weighted by Gasteiger charge is -2.37. The Labute approximate surface area is 226 Å². The number of aromatic nitrogens is 1. The van der Waals surface area contributed by atoms with E-state index in [1.807, 2.05) is 78.9 Å². The highest BCUT2D eigenvalue weighted by atomic mass is 16.6. The van der Waals surface area contributed by atoms with Gasteiger partial charge < -0.3 is 29.0 Å². The highest BCUT2D eigenvalue weighted by Gasteiger charge is 2.43. The van der Waals surface area contributed by atoms with Gasteiger partial charge in [0.1, 0.15) is 35.0 Å². The maximum absolute atomic E-state index is 11.4. The summed E-state index contributed by atoms with van der Waals surface area (Å²) < 4.78 is 23.7. The maximum atomic E-state index is 11.4. The molecule has 1 aliphatic heterocycles. The van der Waals surface area contributed by atoms with E-state index in [9.17, 15) is 15.2 Å². The molecule has 1 fully saturated rings. The Balaban J connectivity index is 1.53. The quantitative estimate of drug-likeness (QED) is 0.166. The summed E-state index contributed by atoms with van der Waals surface area (Å²) in [5.41, 5.74) is 1.78. The molecule has 1 saturated heterocycles. The zero-order valence-electron chi connectivity index (χ0n) is 21.7. The molecular weight excluding hydrogens is 500 g/mol. The van der Waals surface area contributed by atoms with Gasteiger partial charge in [-0.05, 0) is 41.0 Å². The number of nitrogens with one attached hydrogen (secondary N) is 1. The molecule has 2 heterocycles. The second kappa shape index (κ2) is 11.3. The smallest absolute Gasteiger partial charge is 0.292 e. The van der Waals surface area contributed by atoms with E-state index in [-0.39, 0.29) is 18.7 Å². The topological polar surface area (TPSA) is 116 Å². The molecule has 1 aliphatic rings. The molecule has 39 heavy (non-hydrogen) atoms. The van der Waals surface area contributed by atoms with E-state index in [1.54, 1.807) is 14.2 Å². The van der Waals surface area contributed by atoms with Gasteiger partial charge in [-0.1, -0.05) is 54.6 Å². The Kier molecular flexibility index (Phi) is 7.65. The lowest BCUT2D eigenvalue weighted by Crippen LogP contribution is -2.38. The van der Waals surface area contributed by atoms with Gasteiger partial charge in [-0.3, -0.25) is 10.1 Å². The SMILES string of the molecule is COc1ccc(C(OC[C@H]2O[C@@H](c3[nH]ccc3[N+](=O)[O-])C[C@@H]2O)(c2ccccc2)c2ccc(OC)cc2)cc1. The Bertz CT molecular complexity index is 1340. The van der Waals surface area contributed by atoms with Crippen LogP contribution < -0.4 is 9.47 Å². The zero-order valence-corrected chi connectivity index (χ0v) is 21.7. The molecule has 0 unspecified atom stereocenters. The number of hydrogen-bond acceptors (Lipinski definition) is 7. The lowest BCUT2D eigenvalue weighted by molar-refractivity contribution is -0.386. The van der Waals surface area contributed by atoms with E-state index in [4.69, 9.17) is 18.9 Å². The van der Waals surface area contributed by atoms with Gasteiger partial charge in [-0.25, -0.2) is 0 Å². The first-order chi connectivity index (χ1) is 19.0. The van der Waals surface area contributed by atoms with Crippen LogP contribution in [-0.4, -0.2) is 48.0 Å². The molecule has 4 aromatic rings. The lowest BCUT2D eigenvalue weighted by atomic mass is 9.80. The summed E-state index contributed by atoms with van der Waals surface area (Å²) in [5.74, 6) is 1.42. The molecule has 0 saturated carbocycles. The molecule has 0 aliphatic carbocycles. The van der Waals surface area contributed by atoms with Gasteiger partial charge in [0, 0.05) is 18.7 Å². The Morgan fingerprint density at radius 3 is 2.03 bits per heavy atom. The minimum absolute atomic E-state index is 0.0269. The predicted octanol–water partition coefficient (Wildman–Crippen LogP) is 5.14. The van der Waals surface area contributed by atoms with Crippen molar-refractivity contribution in [2.75, 3.05) is 20.8 Å². The molecular formula is C30H30N2O7. The maximum Gasteiger partial charge on any atom is 0.292 e. The van der Waals surface area contributed by atoms with Crippen LogP contribution in [0.3, 0.4) is 0 Å². The third-order valence-corrected chi connectivity index (χ3v) is 7.14. The third kappa shape index (κ3) is 5.12. The van der Waals surface area contributed by atoms with Crippen molar-refractivity contribution >= 4 is 5.69 Å². The molecule has 2 N–H and O–H groups in total. The number of hydrogen-bond donors (Lipinski definition) is 2. The first-order valence-electron chi connectivity index (χ1n) is 12.6. The van der Waals surface area contributed by atoms with Gasteiger partial charge in [0.15, 0.2) is 0 Å². The average Bonchev–Trinajstić information content (AvgIpc) is 3.61. The zero-order chi connectivity index (χ0) is 27.4. The van der Waals surface area contributed by atoms with Crippen LogP contribution in [0.4, 0.5) is 5.69 Å². The molecule has 9 heteroatoms. The molecule has 0 amide bonds. The molecule has 202 valence electrons. The van der Waals surface area contributed by atoms with Crippen LogP contribution in [0.1, 0.15) is 34.9 Å². The highest BCUT2D eigenvalue weighted by Crippen LogP contribution is 2.43. The molecule has 0 spiro atoms. The number of H-pyrrole nitrogens is 1. The summed E-state index contributed by atoms with van der Waals surface area (Å²) in [6.07, 6.45) is -0.535. The number of benzene rings is 3. The number of methoxy groups -OCH3 is 2. The van der Waals surface area contributed by atoms with Crippen molar-refractivity contribution in [3.05, 3.63) is 124 Å². The molecule has 3 aromatic carbocycles. The van der Waals surface area contributed by atoms with E-state index in [0.29, 0.717) is 17.2 Å². The Morgan fingerprint density at radius 1 is 0.923 bits per heavy atom. The second-order valence-corrected chi connectivity index (χ2v) is 9.32. The summed E-state index contributed by atoms with van der Waals surface area (Å²) >= 11 is 0. The van der Waals surface area contributed by atoms with Crippen molar-refractivity contribution in [2.45, 2.75) is 30.3 Å². The van der Waals surface area contributed by atoms with Gasteiger partial charge in [0.2, 0.25) is 0 Å². The van der Waals surface area contributed by atoms with Gasteiger partial charge in [-0.15, -0.1) is 0 Å². The van der Waals surface area contributed by atoms with Gasteiger partial charge in [0.05, 0.1) is 31.9 Å². The van der Waals surface area contributed by atoms with Crippen molar-refractivity contribution < 1.29 is 29.0 Å². The van der Waals surface area contributed by atoms with E-state index >= 15 is 0 Å². The van der Waals surface area contributed by atoms with Crippen LogP contribution >= 0.6 is 0 Å².